The minimum atomic E-state index is -0.0449. The van der Waals surface area contributed by atoms with Gasteiger partial charge in [0.05, 0.1) is 17.1 Å². The molecule has 150 valence electrons. The fourth-order valence-electron chi connectivity index (χ4n) is 4.52. The summed E-state index contributed by atoms with van der Waals surface area (Å²) in [6.45, 7) is 6.66. The maximum absolute atomic E-state index is 13.0. The van der Waals surface area contributed by atoms with Crippen molar-refractivity contribution in [3.8, 4) is 0 Å². The first-order valence-electron chi connectivity index (χ1n) is 10.6. The molecule has 3 heterocycles. The first-order chi connectivity index (χ1) is 13.6. The highest BCUT2D eigenvalue weighted by Gasteiger charge is 2.35. The zero-order chi connectivity index (χ0) is 19.7. The van der Waals surface area contributed by atoms with Crippen LogP contribution in [0.1, 0.15) is 57.8 Å². The molecule has 2 amide bonds. The summed E-state index contributed by atoms with van der Waals surface area (Å²) in [4.78, 5) is 34.6. The van der Waals surface area contributed by atoms with Crippen LogP contribution in [-0.4, -0.2) is 50.8 Å². The Kier molecular flexibility index (Phi) is 5.38. The number of benzene rings is 1. The molecule has 0 N–H and O–H groups in total. The van der Waals surface area contributed by atoms with Gasteiger partial charge in [-0.3, -0.25) is 9.59 Å². The number of carbonyl (C=O) groups excluding carboxylic acids is 2. The van der Waals surface area contributed by atoms with Crippen molar-refractivity contribution in [1.29, 1.82) is 0 Å². The summed E-state index contributed by atoms with van der Waals surface area (Å²) < 4.78 is 2.06. The van der Waals surface area contributed by atoms with Crippen LogP contribution >= 0.6 is 0 Å². The number of likely N-dealkylation sites (tertiary alicyclic amines) is 2. The van der Waals surface area contributed by atoms with E-state index in [-0.39, 0.29) is 23.8 Å². The van der Waals surface area contributed by atoms with E-state index in [0.29, 0.717) is 6.54 Å². The van der Waals surface area contributed by atoms with Crippen molar-refractivity contribution in [3.63, 3.8) is 0 Å². The van der Waals surface area contributed by atoms with Crippen molar-refractivity contribution >= 4 is 22.8 Å². The van der Waals surface area contributed by atoms with Crippen LogP contribution in [0.3, 0.4) is 0 Å². The number of hydrogen-bond acceptors (Lipinski definition) is 3. The standard InChI is InChI=1S/C22H30N4O2/c1-16(2)22(28)25-14-8-11-19(25)21-23-17-9-4-5-10-18(17)26(21)15-20(27)24-12-6-3-7-13-24/h4-5,9-10,16,19H,3,6-8,11-15H2,1-2H3/t19-/m0/s1. The van der Waals surface area contributed by atoms with Crippen LogP contribution in [0.2, 0.25) is 0 Å². The van der Waals surface area contributed by atoms with Gasteiger partial charge in [-0.2, -0.15) is 0 Å². The number of nitrogens with zero attached hydrogens (tertiary/aromatic N) is 4. The summed E-state index contributed by atoms with van der Waals surface area (Å²) in [5.41, 5.74) is 1.87. The number of fused-ring (bicyclic) bond motifs is 1. The van der Waals surface area contributed by atoms with E-state index in [1.807, 2.05) is 47.9 Å². The molecular weight excluding hydrogens is 352 g/mol. The molecule has 2 fully saturated rings. The van der Waals surface area contributed by atoms with Crippen molar-refractivity contribution in [3.05, 3.63) is 30.1 Å². The second-order valence-corrected chi connectivity index (χ2v) is 8.33. The predicted molar refractivity (Wildman–Crippen MR) is 109 cm³/mol. The second-order valence-electron chi connectivity index (χ2n) is 8.33. The van der Waals surface area contributed by atoms with Gasteiger partial charge in [0.25, 0.3) is 0 Å². The number of piperidine rings is 1. The topological polar surface area (TPSA) is 58.4 Å². The van der Waals surface area contributed by atoms with Crippen LogP contribution in [0, 0.1) is 5.92 Å². The number of aromatic nitrogens is 2. The van der Waals surface area contributed by atoms with Crippen LogP contribution < -0.4 is 0 Å². The van der Waals surface area contributed by atoms with Crippen molar-refractivity contribution in [2.24, 2.45) is 5.92 Å². The quantitative estimate of drug-likeness (QED) is 0.815. The van der Waals surface area contributed by atoms with Gasteiger partial charge < -0.3 is 14.4 Å². The Morgan fingerprint density at radius 2 is 1.82 bits per heavy atom. The van der Waals surface area contributed by atoms with Gasteiger partial charge in [0.2, 0.25) is 11.8 Å². The summed E-state index contributed by atoms with van der Waals surface area (Å²) in [5, 5.41) is 0. The first-order valence-corrected chi connectivity index (χ1v) is 10.6. The highest BCUT2D eigenvalue weighted by Crippen LogP contribution is 2.34. The average Bonchev–Trinajstić information content (AvgIpc) is 3.33. The molecule has 2 aliphatic heterocycles. The molecule has 1 aromatic heterocycles. The molecular formula is C22H30N4O2. The van der Waals surface area contributed by atoms with Crippen molar-refractivity contribution in [2.45, 2.75) is 58.5 Å². The molecule has 6 heteroatoms. The first kappa shape index (κ1) is 19.0. The van der Waals surface area contributed by atoms with E-state index in [1.54, 1.807) is 0 Å². The predicted octanol–water partition coefficient (Wildman–Crippen LogP) is 3.37. The highest BCUT2D eigenvalue weighted by atomic mass is 16.2. The molecule has 4 rings (SSSR count). The summed E-state index contributed by atoms with van der Waals surface area (Å²) in [5.74, 6) is 1.15. The number of hydrogen-bond donors (Lipinski definition) is 0. The molecule has 0 aliphatic carbocycles. The van der Waals surface area contributed by atoms with Gasteiger partial charge in [-0.1, -0.05) is 26.0 Å². The SMILES string of the molecule is CC(C)C(=O)N1CCC[C@H]1c1nc2ccccc2n1CC(=O)N1CCCCC1. The Labute approximate surface area is 166 Å². The van der Waals surface area contributed by atoms with Crippen LogP contribution in [0.5, 0.6) is 0 Å². The lowest BCUT2D eigenvalue weighted by molar-refractivity contribution is -0.135. The van der Waals surface area contributed by atoms with Crippen molar-refractivity contribution in [1.82, 2.24) is 19.4 Å². The van der Waals surface area contributed by atoms with Gasteiger partial charge in [0.1, 0.15) is 12.4 Å². The van der Waals surface area contributed by atoms with E-state index in [0.717, 1.165) is 62.2 Å². The normalized spacial score (nSPS) is 20.3. The lowest BCUT2D eigenvalue weighted by Gasteiger charge is -2.29. The molecule has 28 heavy (non-hydrogen) atoms. The van der Waals surface area contributed by atoms with Gasteiger partial charge >= 0.3 is 0 Å². The van der Waals surface area contributed by atoms with Crippen molar-refractivity contribution in [2.75, 3.05) is 19.6 Å². The van der Waals surface area contributed by atoms with E-state index in [4.69, 9.17) is 4.98 Å². The third-order valence-electron chi connectivity index (χ3n) is 6.01. The minimum absolute atomic E-state index is 0.0339. The number of amides is 2. The summed E-state index contributed by atoms with van der Waals surface area (Å²) in [7, 11) is 0. The molecule has 0 bridgehead atoms. The van der Waals surface area contributed by atoms with Gasteiger partial charge in [-0.25, -0.2) is 4.98 Å². The van der Waals surface area contributed by atoms with Gasteiger partial charge in [0.15, 0.2) is 0 Å². The monoisotopic (exact) mass is 382 g/mol. The number of rotatable bonds is 4. The van der Waals surface area contributed by atoms with E-state index < -0.39 is 0 Å². The number of para-hydroxylation sites is 2. The summed E-state index contributed by atoms with van der Waals surface area (Å²) in [6, 6.07) is 7.93. The molecule has 0 saturated carbocycles. The fourth-order valence-corrected chi connectivity index (χ4v) is 4.52. The average molecular weight is 383 g/mol. The maximum Gasteiger partial charge on any atom is 0.242 e. The Morgan fingerprint density at radius 1 is 1.07 bits per heavy atom. The number of carbonyl (C=O) groups is 2. The molecule has 0 unspecified atom stereocenters. The van der Waals surface area contributed by atoms with Gasteiger partial charge in [-0.05, 0) is 44.2 Å². The lowest BCUT2D eigenvalue weighted by atomic mass is 10.1. The molecule has 2 aromatic rings. The van der Waals surface area contributed by atoms with E-state index in [1.165, 1.54) is 6.42 Å². The van der Waals surface area contributed by atoms with E-state index in [9.17, 15) is 9.59 Å². The fraction of sp³-hybridized carbons (Fsp3) is 0.591. The van der Waals surface area contributed by atoms with Crippen LogP contribution in [0.4, 0.5) is 0 Å². The zero-order valence-electron chi connectivity index (χ0n) is 16.9. The molecule has 2 saturated heterocycles. The summed E-state index contributed by atoms with van der Waals surface area (Å²) in [6.07, 6.45) is 5.26. The van der Waals surface area contributed by atoms with Crippen LogP contribution in [0.25, 0.3) is 11.0 Å². The Hall–Kier alpha value is -2.37. The van der Waals surface area contributed by atoms with Crippen LogP contribution in [-0.2, 0) is 16.1 Å². The van der Waals surface area contributed by atoms with Gasteiger partial charge in [-0.15, -0.1) is 0 Å². The molecule has 1 aromatic carbocycles. The Bertz CT molecular complexity index is 867. The lowest BCUT2D eigenvalue weighted by Crippen LogP contribution is -2.39. The molecule has 2 aliphatic rings. The highest BCUT2D eigenvalue weighted by molar-refractivity contribution is 5.82. The Morgan fingerprint density at radius 3 is 2.57 bits per heavy atom. The third kappa shape index (κ3) is 3.52. The molecule has 0 radical (unpaired) electrons. The second kappa shape index (κ2) is 7.94. The van der Waals surface area contributed by atoms with Crippen molar-refractivity contribution < 1.29 is 9.59 Å². The van der Waals surface area contributed by atoms with E-state index >= 15 is 0 Å². The molecule has 0 spiro atoms. The van der Waals surface area contributed by atoms with E-state index in [2.05, 4.69) is 4.57 Å². The third-order valence-corrected chi connectivity index (χ3v) is 6.01. The smallest absolute Gasteiger partial charge is 0.242 e. The maximum atomic E-state index is 13.0. The largest absolute Gasteiger partial charge is 0.341 e. The molecule has 1 atom stereocenters. The minimum Gasteiger partial charge on any atom is -0.341 e. The molecule has 6 nitrogen and oxygen atoms in total. The van der Waals surface area contributed by atoms with Gasteiger partial charge in [0, 0.05) is 25.6 Å². The van der Waals surface area contributed by atoms with Crippen LogP contribution in [0.15, 0.2) is 24.3 Å². The summed E-state index contributed by atoms with van der Waals surface area (Å²) >= 11 is 0. The number of imidazole rings is 1. The Balaban J connectivity index is 1.69. The zero-order valence-corrected chi connectivity index (χ0v) is 16.9.